The number of thioether (sulfide) groups is 1. The molecule has 1 aliphatic carbocycles. The highest BCUT2D eigenvalue weighted by Gasteiger charge is 2.25. The van der Waals surface area contributed by atoms with E-state index in [2.05, 4.69) is 22.2 Å². The minimum atomic E-state index is -0.408. The predicted octanol–water partition coefficient (Wildman–Crippen LogP) is 2.11. The molecular formula is C14H21N3O2S. The van der Waals surface area contributed by atoms with Crippen LogP contribution >= 0.6 is 11.8 Å². The Morgan fingerprint density at radius 3 is 2.75 bits per heavy atom. The molecule has 1 heterocycles. The van der Waals surface area contributed by atoms with Gasteiger partial charge in [0.1, 0.15) is 5.03 Å². The quantitative estimate of drug-likeness (QED) is 0.661. The van der Waals surface area contributed by atoms with Crippen molar-refractivity contribution in [3.05, 3.63) is 21.7 Å². The lowest BCUT2D eigenvalue weighted by Crippen LogP contribution is -2.41. The topological polar surface area (TPSA) is 74.8 Å². The van der Waals surface area contributed by atoms with Gasteiger partial charge in [0.2, 0.25) is 0 Å². The smallest absolute Gasteiger partial charge is 0.346 e. The van der Waals surface area contributed by atoms with Gasteiger partial charge in [-0.3, -0.25) is 4.79 Å². The van der Waals surface area contributed by atoms with Crippen LogP contribution in [0.4, 0.5) is 0 Å². The third-order valence-electron chi connectivity index (χ3n) is 3.93. The van der Waals surface area contributed by atoms with Crippen LogP contribution in [-0.2, 0) is 0 Å². The number of H-pyrrole nitrogens is 1. The van der Waals surface area contributed by atoms with Gasteiger partial charge in [0, 0.05) is 11.7 Å². The van der Waals surface area contributed by atoms with E-state index < -0.39 is 5.69 Å². The summed E-state index contributed by atoms with van der Waals surface area (Å²) in [5, 5.41) is 3.60. The van der Waals surface area contributed by atoms with Crippen molar-refractivity contribution in [1.29, 1.82) is 0 Å². The summed E-state index contributed by atoms with van der Waals surface area (Å²) in [5.74, 6) is 0.371. The van der Waals surface area contributed by atoms with Crippen molar-refractivity contribution < 1.29 is 4.79 Å². The van der Waals surface area contributed by atoms with Crippen molar-refractivity contribution in [3.63, 3.8) is 0 Å². The van der Waals surface area contributed by atoms with E-state index >= 15 is 0 Å². The maximum Gasteiger partial charge on any atom is 0.346 e. The lowest BCUT2D eigenvalue weighted by atomic mass is 9.86. The largest absolute Gasteiger partial charge is 0.349 e. The highest BCUT2D eigenvalue weighted by Crippen LogP contribution is 2.25. The number of aromatic amines is 1. The number of nitrogens with one attached hydrogen (secondary N) is 2. The first kappa shape index (κ1) is 15.1. The number of hydrogen-bond acceptors (Lipinski definition) is 4. The van der Waals surface area contributed by atoms with Gasteiger partial charge in [-0.25, -0.2) is 4.79 Å². The van der Waals surface area contributed by atoms with Crippen LogP contribution in [-0.4, -0.2) is 28.2 Å². The average Bonchev–Trinajstić information content (AvgIpc) is 2.40. The SMILES string of the molecule is CSc1nc(=O)[nH]c(C)c1C(=O)N[C@H]1CCCC[C@H]1C. The molecule has 1 aromatic rings. The standard InChI is InChI=1S/C14H21N3O2S/c1-8-6-4-5-7-10(8)16-12(18)11-9(2)15-14(19)17-13(11)20-3/h8,10H,4-7H2,1-3H3,(H,16,18)(H,15,17,19)/t8-,10+/m1/s1. The van der Waals surface area contributed by atoms with Crippen LogP contribution in [0.5, 0.6) is 0 Å². The monoisotopic (exact) mass is 295 g/mol. The molecule has 0 spiro atoms. The Bertz CT molecular complexity index is 556. The zero-order chi connectivity index (χ0) is 14.7. The molecule has 0 saturated heterocycles. The summed E-state index contributed by atoms with van der Waals surface area (Å²) in [5.41, 5.74) is 0.666. The summed E-state index contributed by atoms with van der Waals surface area (Å²) in [6.07, 6.45) is 6.40. The van der Waals surface area contributed by atoms with Gasteiger partial charge in [-0.05, 0) is 31.9 Å². The molecule has 0 bridgehead atoms. The molecule has 1 aromatic heterocycles. The van der Waals surface area contributed by atoms with E-state index in [1.165, 1.54) is 18.2 Å². The Morgan fingerprint density at radius 1 is 1.40 bits per heavy atom. The van der Waals surface area contributed by atoms with Crippen molar-refractivity contribution >= 4 is 17.7 Å². The second-order valence-electron chi connectivity index (χ2n) is 5.39. The van der Waals surface area contributed by atoms with Crippen molar-refractivity contribution in [2.24, 2.45) is 5.92 Å². The minimum absolute atomic E-state index is 0.130. The van der Waals surface area contributed by atoms with Crippen molar-refractivity contribution in [3.8, 4) is 0 Å². The summed E-state index contributed by atoms with van der Waals surface area (Å²) in [7, 11) is 0. The van der Waals surface area contributed by atoms with Gasteiger partial charge in [-0.15, -0.1) is 11.8 Å². The molecule has 0 radical (unpaired) electrons. The van der Waals surface area contributed by atoms with Crippen molar-refractivity contribution in [2.45, 2.75) is 50.6 Å². The maximum atomic E-state index is 12.5. The number of nitrogens with zero attached hydrogens (tertiary/aromatic N) is 1. The highest BCUT2D eigenvalue weighted by atomic mass is 32.2. The summed E-state index contributed by atoms with van der Waals surface area (Å²) >= 11 is 1.32. The van der Waals surface area contributed by atoms with Crippen LogP contribution in [0.25, 0.3) is 0 Å². The predicted molar refractivity (Wildman–Crippen MR) is 80.3 cm³/mol. The lowest BCUT2D eigenvalue weighted by Gasteiger charge is -2.29. The number of rotatable bonds is 3. The fraction of sp³-hybridized carbons (Fsp3) is 0.643. The normalized spacial score (nSPS) is 22.6. The fourth-order valence-electron chi connectivity index (χ4n) is 2.75. The van der Waals surface area contributed by atoms with Crippen LogP contribution in [0.3, 0.4) is 0 Å². The summed E-state index contributed by atoms with van der Waals surface area (Å²) in [4.78, 5) is 30.3. The molecule has 0 aromatic carbocycles. The molecular weight excluding hydrogens is 274 g/mol. The van der Waals surface area contributed by atoms with Crippen molar-refractivity contribution in [1.82, 2.24) is 15.3 Å². The van der Waals surface area contributed by atoms with Gasteiger partial charge in [0.15, 0.2) is 0 Å². The zero-order valence-corrected chi connectivity index (χ0v) is 13.0. The lowest BCUT2D eigenvalue weighted by molar-refractivity contribution is 0.0905. The molecule has 1 amide bonds. The van der Waals surface area contributed by atoms with Gasteiger partial charge >= 0.3 is 5.69 Å². The summed E-state index contributed by atoms with van der Waals surface area (Å²) < 4.78 is 0. The van der Waals surface area contributed by atoms with Crippen molar-refractivity contribution in [2.75, 3.05) is 6.26 Å². The first-order valence-corrected chi connectivity index (χ1v) is 8.21. The van der Waals surface area contributed by atoms with Crippen LogP contribution in [0.2, 0.25) is 0 Å². The highest BCUT2D eigenvalue weighted by molar-refractivity contribution is 7.98. The van der Waals surface area contributed by atoms with Crippen LogP contribution in [0.1, 0.15) is 48.7 Å². The van der Waals surface area contributed by atoms with E-state index in [0.29, 0.717) is 22.2 Å². The van der Waals surface area contributed by atoms with Gasteiger partial charge in [-0.2, -0.15) is 4.98 Å². The molecule has 2 rings (SSSR count). The Morgan fingerprint density at radius 2 is 2.10 bits per heavy atom. The Hall–Kier alpha value is -1.30. The van der Waals surface area contributed by atoms with Gasteiger partial charge in [0.25, 0.3) is 5.91 Å². The molecule has 1 fully saturated rings. The third kappa shape index (κ3) is 3.23. The molecule has 110 valence electrons. The Balaban J connectivity index is 2.22. The van der Waals surface area contributed by atoms with E-state index in [-0.39, 0.29) is 11.9 Å². The second kappa shape index (κ2) is 6.43. The van der Waals surface area contributed by atoms with Crippen LogP contribution in [0.15, 0.2) is 9.82 Å². The number of aryl methyl sites for hydroxylation is 1. The molecule has 1 aliphatic rings. The summed E-state index contributed by atoms with van der Waals surface area (Å²) in [6.45, 7) is 3.92. The van der Waals surface area contributed by atoms with Gasteiger partial charge < -0.3 is 10.3 Å². The van der Waals surface area contributed by atoms with E-state index in [0.717, 1.165) is 19.3 Å². The molecule has 5 nitrogen and oxygen atoms in total. The molecule has 2 atom stereocenters. The fourth-order valence-corrected chi connectivity index (χ4v) is 3.37. The number of hydrogen-bond donors (Lipinski definition) is 2. The minimum Gasteiger partial charge on any atom is -0.349 e. The van der Waals surface area contributed by atoms with Gasteiger partial charge in [-0.1, -0.05) is 19.8 Å². The average molecular weight is 295 g/mol. The molecule has 0 aliphatic heterocycles. The Labute approximate surface area is 123 Å². The molecule has 2 N–H and O–H groups in total. The third-order valence-corrected chi connectivity index (χ3v) is 4.62. The maximum absolute atomic E-state index is 12.5. The second-order valence-corrected chi connectivity index (χ2v) is 6.19. The zero-order valence-electron chi connectivity index (χ0n) is 12.2. The number of amides is 1. The van der Waals surface area contributed by atoms with Gasteiger partial charge in [0.05, 0.1) is 5.56 Å². The summed E-state index contributed by atoms with van der Waals surface area (Å²) in [6, 6.07) is 0.220. The molecule has 0 unspecified atom stereocenters. The van der Waals surface area contributed by atoms with E-state index in [9.17, 15) is 9.59 Å². The number of carbonyl (C=O) groups is 1. The number of carbonyl (C=O) groups excluding carboxylic acids is 1. The first-order valence-electron chi connectivity index (χ1n) is 6.98. The van der Waals surface area contributed by atoms with Crippen LogP contribution in [0, 0.1) is 12.8 Å². The molecule has 20 heavy (non-hydrogen) atoms. The van der Waals surface area contributed by atoms with E-state index in [1.807, 2.05) is 6.26 Å². The van der Waals surface area contributed by atoms with Crippen LogP contribution < -0.4 is 11.0 Å². The Kier molecular flexibility index (Phi) is 4.86. The molecule has 1 saturated carbocycles. The first-order chi connectivity index (χ1) is 9.52. The van der Waals surface area contributed by atoms with E-state index in [4.69, 9.17) is 0 Å². The van der Waals surface area contributed by atoms with E-state index in [1.54, 1.807) is 6.92 Å². The number of aromatic nitrogens is 2. The molecule has 6 heteroatoms.